The Labute approximate surface area is 105 Å². The van der Waals surface area contributed by atoms with E-state index >= 15 is 0 Å². The van der Waals surface area contributed by atoms with Crippen LogP contribution in [0.15, 0.2) is 24.3 Å². The number of nitrogens with zero attached hydrogens (tertiary/aromatic N) is 1. The summed E-state index contributed by atoms with van der Waals surface area (Å²) in [4.78, 5) is 2.42. The van der Waals surface area contributed by atoms with Gasteiger partial charge in [-0.15, -0.1) is 0 Å². The summed E-state index contributed by atoms with van der Waals surface area (Å²) in [6, 6.07) is 8.79. The molecule has 0 aliphatic rings. The van der Waals surface area contributed by atoms with Crippen molar-refractivity contribution in [2.75, 3.05) is 19.6 Å². The molecule has 0 fully saturated rings. The highest BCUT2D eigenvalue weighted by molar-refractivity contribution is 5.24. The van der Waals surface area contributed by atoms with Crippen molar-refractivity contribution in [3.63, 3.8) is 0 Å². The molecule has 0 aliphatic heterocycles. The quantitative estimate of drug-likeness (QED) is 0.562. The van der Waals surface area contributed by atoms with Crippen LogP contribution in [0.2, 0.25) is 0 Å². The van der Waals surface area contributed by atoms with E-state index in [9.17, 15) is 0 Å². The van der Waals surface area contributed by atoms with Crippen LogP contribution in [-0.4, -0.2) is 24.5 Å². The van der Waals surface area contributed by atoms with Crippen molar-refractivity contribution >= 4 is 0 Å². The van der Waals surface area contributed by atoms with Crippen LogP contribution in [-0.2, 0) is 0 Å². The largest absolute Gasteiger partial charge is 0.304 e. The summed E-state index contributed by atoms with van der Waals surface area (Å²) in [6.45, 7) is 9.78. The molecular formula is C14H25N3. The van der Waals surface area contributed by atoms with Gasteiger partial charge in [-0.05, 0) is 38.5 Å². The van der Waals surface area contributed by atoms with Crippen LogP contribution in [0.5, 0.6) is 0 Å². The van der Waals surface area contributed by atoms with E-state index in [4.69, 9.17) is 5.84 Å². The number of nitrogens with two attached hydrogens (primary N) is 1. The van der Waals surface area contributed by atoms with Crippen molar-refractivity contribution in [2.24, 2.45) is 5.84 Å². The van der Waals surface area contributed by atoms with Gasteiger partial charge in [-0.3, -0.25) is 11.3 Å². The van der Waals surface area contributed by atoms with Gasteiger partial charge in [0.15, 0.2) is 0 Å². The van der Waals surface area contributed by atoms with E-state index in [2.05, 4.69) is 55.4 Å². The molecule has 0 aromatic heterocycles. The Balaban J connectivity index is 2.59. The van der Waals surface area contributed by atoms with Crippen molar-refractivity contribution in [2.45, 2.75) is 33.2 Å². The molecule has 0 saturated heterocycles. The zero-order valence-electron chi connectivity index (χ0n) is 11.2. The van der Waals surface area contributed by atoms with Crippen molar-refractivity contribution in [3.8, 4) is 0 Å². The number of benzene rings is 1. The lowest BCUT2D eigenvalue weighted by Crippen LogP contribution is -2.32. The first-order valence-corrected chi connectivity index (χ1v) is 6.46. The third-order valence-electron chi connectivity index (χ3n) is 3.27. The monoisotopic (exact) mass is 235 g/mol. The molecule has 1 unspecified atom stereocenters. The highest BCUT2D eigenvalue weighted by Crippen LogP contribution is 2.17. The lowest BCUT2D eigenvalue weighted by Gasteiger charge is -2.22. The third kappa shape index (κ3) is 4.46. The van der Waals surface area contributed by atoms with Crippen LogP contribution >= 0.6 is 0 Å². The Morgan fingerprint density at radius 2 is 2.00 bits per heavy atom. The lowest BCUT2D eigenvalue weighted by molar-refractivity contribution is 0.282. The molecule has 0 amide bonds. The normalized spacial score (nSPS) is 13.0. The van der Waals surface area contributed by atoms with Gasteiger partial charge in [0.2, 0.25) is 0 Å². The van der Waals surface area contributed by atoms with E-state index in [0.717, 1.165) is 26.1 Å². The standard InChI is InChI=1S/C14H25N3/c1-4-17(5-2)10-9-14(16-15)13-8-6-7-12(3)11-13/h6-8,11,14,16H,4-5,9-10,15H2,1-3H3. The van der Waals surface area contributed by atoms with E-state index in [1.165, 1.54) is 11.1 Å². The molecule has 0 aliphatic carbocycles. The Morgan fingerprint density at radius 3 is 2.53 bits per heavy atom. The van der Waals surface area contributed by atoms with E-state index in [-0.39, 0.29) is 6.04 Å². The first-order chi connectivity index (χ1) is 8.21. The van der Waals surface area contributed by atoms with Crippen LogP contribution in [0.4, 0.5) is 0 Å². The van der Waals surface area contributed by atoms with E-state index in [0.29, 0.717) is 0 Å². The van der Waals surface area contributed by atoms with Crippen molar-refractivity contribution < 1.29 is 0 Å². The molecule has 96 valence electrons. The SMILES string of the molecule is CCN(CC)CCC(NN)c1cccc(C)c1. The minimum absolute atomic E-state index is 0.246. The van der Waals surface area contributed by atoms with Gasteiger partial charge in [-0.1, -0.05) is 43.7 Å². The molecule has 3 heteroatoms. The molecule has 0 spiro atoms. The van der Waals surface area contributed by atoms with Gasteiger partial charge < -0.3 is 4.90 Å². The molecule has 0 radical (unpaired) electrons. The van der Waals surface area contributed by atoms with Gasteiger partial charge in [0, 0.05) is 6.04 Å². The number of nitrogens with one attached hydrogen (secondary N) is 1. The molecule has 0 bridgehead atoms. The van der Waals surface area contributed by atoms with Crippen LogP contribution < -0.4 is 11.3 Å². The lowest BCUT2D eigenvalue weighted by atomic mass is 10.0. The Bertz CT molecular complexity index is 321. The van der Waals surface area contributed by atoms with Gasteiger partial charge in [-0.25, -0.2) is 0 Å². The highest BCUT2D eigenvalue weighted by Gasteiger charge is 2.10. The summed E-state index contributed by atoms with van der Waals surface area (Å²) in [5, 5.41) is 0. The van der Waals surface area contributed by atoms with E-state index < -0.39 is 0 Å². The first-order valence-electron chi connectivity index (χ1n) is 6.46. The maximum Gasteiger partial charge on any atom is 0.0472 e. The minimum Gasteiger partial charge on any atom is -0.304 e. The maximum absolute atomic E-state index is 5.66. The predicted octanol–water partition coefficient (Wildman–Crippen LogP) is 2.23. The maximum atomic E-state index is 5.66. The van der Waals surface area contributed by atoms with Gasteiger partial charge in [0.05, 0.1) is 0 Å². The molecular weight excluding hydrogens is 210 g/mol. The summed E-state index contributed by atoms with van der Waals surface area (Å²) < 4.78 is 0. The van der Waals surface area contributed by atoms with Gasteiger partial charge in [0.1, 0.15) is 0 Å². The summed E-state index contributed by atoms with van der Waals surface area (Å²) in [6.07, 6.45) is 1.04. The number of hydrazine groups is 1. The van der Waals surface area contributed by atoms with E-state index in [1.807, 2.05) is 0 Å². The van der Waals surface area contributed by atoms with Crippen LogP contribution in [0.3, 0.4) is 0 Å². The molecule has 3 N–H and O–H groups in total. The number of hydrogen-bond donors (Lipinski definition) is 2. The van der Waals surface area contributed by atoms with E-state index in [1.54, 1.807) is 0 Å². The van der Waals surface area contributed by atoms with Crippen LogP contribution in [0.25, 0.3) is 0 Å². The summed E-state index contributed by atoms with van der Waals surface area (Å²) in [5.41, 5.74) is 5.48. The minimum atomic E-state index is 0.246. The topological polar surface area (TPSA) is 41.3 Å². The van der Waals surface area contributed by atoms with Crippen LogP contribution in [0, 0.1) is 6.92 Å². The molecule has 17 heavy (non-hydrogen) atoms. The smallest absolute Gasteiger partial charge is 0.0472 e. The molecule has 1 aromatic rings. The predicted molar refractivity (Wildman–Crippen MR) is 73.6 cm³/mol. The third-order valence-corrected chi connectivity index (χ3v) is 3.27. The molecule has 1 aromatic carbocycles. The molecule has 0 saturated carbocycles. The molecule has 1 rings (SSSR count). The zero-order chi connectivity index (χ0) is 12.7. The van der Waals surface area contributed by atoms with Gasteiger partial charge >= 0.3 is 0 Å². The second-order valence-electron chi connectivity index (χ2n) is 4.45. The first kappa shape index (κ1) is 14.2. The number of rotatable bonds is 7. The summed E-state index contributed by atoms with van der Waals surface area (Å²) >= 11 is 0. The Morgan fingerprint density at radius 1 is 1.29 bits per heavy atom. The second-order valence-corrected chi connectivity index (χ2v) is 4.45. The number of aryl methyl sites for hydroxylation is 1. The fourth-order valence-corrected chi connectivity index (χ4v) is 2.08. The van der Waals surface area contributed by atoms with Crippen molar-refractivity contribution in [3.05, 3.63) is 35.4 Å². The summed E-state index contributed by atoms with van der Waals surface area (Å²) in [5.74, 6) is 5.66. The van der Waals surface area contributed by atoms with Crippen molar-refractivity contribution in [1.82, 2.24) is 10.3 Å². The summed E-state index contributed by atoms with van der Waals surface area (Å²) in [7, 11) is 0. The van der Waals surface area contributed by atoms with Crippen LogP contribution in [0.1, 0.15) is 37.4 Å². The molecule has 1 atom stereocenters. The average molecular weight is 235 g/mol. The number of hydrogen-bond acceptors (Lipinski definition) is 3. The van der Waals surface area contributed by atoms with Crippen molar-refractivity contribution in [1.29, 1.82) is 0 Å². The second kappa shape index (κ2) is 7.43. The Kier molecular flexibility index (Phi) is 6.19. The van der Waals surface area contributed by atoms with Gasteiger partial charge in [-0.2, -0.15) is 0 Å². The molecule has 0 heterocycles. The highest BCUT2D eigenvalue weighted by atomic mass is 15.2. The molecule has 3 nitrogen and oxygen atoms in total. The fraction of sp³-hybridized carbons (Fsp3) is 0.571. The Hall–Kier alpha value is -0.900. The van der Waals surface area contributed by atoms with Gasteiger partial charge in [0.25, 0.3) is 0 Å². The zero-order valence-corrected chi connectivity index (χ0v) is 11.2. The fourth-order valence-electron chi connectivity index (χ4n) is 2.08. The average Bonchev–Trinajstić information content (AvgIpc) is 2.35.